The van der Waals surface area contributed by atoms with Gasteiger partial charge in [-0.3, -0.25) is 4.79 Å². The molecule has 0 radical (unpaired) electrons. The molecular weight excluding hydrogens is 274 g/mol. The molecule has 1 atom stereocenters. The van der Waals surface area contributed by atoms with E-state index in [1.165, 1.54) is 7.11 Å². The summed E-state index contributed by atoms with van der Waals surface area (Å²) in [5, 5.41) is 0. The molecule has 0 aliphatic heterocycles. The van der Waals surface area contributed by atoms with Gasteiger partial charge in [0.15, 0.2) is 0 Å². The minimum atomic E-state index is -0.621. The van der Waals surface area contributed by atoms with Crippen molar-refractivity contribution in [2.75, 3.05) is 14.2 Å². The predicted octanol–water partition coefficient (Wildman–Crippen LogP) is 2.47. The molecular formula is C15H17NO3S. The molecule has 2 rings (SSSR count). The second kappa shape index (κ2) is 6.54. The maximum atomic E-state index is 11.3. The van der Waals surface area contributed by atoms with Crippen LogP contribution in [0.4, 0.5) is 0 Å². The fraction of sp³-hybridized carbons (Fsp3) is 0.267. The summed E-state index contributed by atoms with van der Waals surface area (Å²) in [4.78, 5) is 13.5. The van der Waals surface area contributed by atoms with E-state index in [2.05, 4.69) is 4.74 Å². The van der Waals surface area contributed by atoms with Crippen LogP contribution in [0.5, 0.6) is 5.75 Å². The SMILES string of the molecule is COC(=O)C(N)Cc1ccc(-c2ccccc2OC)s1. The van der Waals surface area contributed by atoms with Crippen LogP contribution in [-0.4, -0.2) is 26.2 Å². The zero-order valence-corrected chi connectivity index (χ0v) is 12.3. The van der Waals surface area contributed by atoms with Gasteiger partial charge in [-0.15, -0.1) is 11.3 Å². The number of rotatable bonds is 5. The molecule has 0 spiro atoms. The summed E-state index contributed by atoms with van der Waals surface area (Å²) < 4.78 is 9.99. The molecule has 1 unspecified atom stereocenters. The van der Waals surface area contributed by atoms with Crippen LogP contribution >= 0.6 is 11.3 Å². The molecule has 0 fully saturated rings. The summed E-state index contributed by atoms with van der Waals surface area (Å²) in [7, 11) is 3.00. The Morgan fingerprint density at radius 3 is 2.70 bits per heavy atom. The molecule has 2 N–H and O–H groups in total. The van der Waals surface area contributed by atoms with Crippen LogP contribution < -0.4 is 10.5 Å². The third-order valence-corrected chi connectivity index (χ3v) is 4.10. The van der Waals surface area contributed by atoms with Gasteiger partial charge in [0.2, 0.25) is 0 Å². The number of nitrogens with two attached hydrogens (primary N) is 1. The molecule has 1 heterocycles. The zero-order chi connectivity index (χ0) is 14.5. The molecule has 0 amide bonds. The van der Waals surface area contributed by atoms with E-state index in [9.17, 15) is 4.79 Å². The van der Waals surface area contributed by atoms with Crippen molar-refractivity contribution in [1.29, 1.82) is 0 Å². The number of hydrogen-bond acceptors (Lipinski definition) is 5. The molecule has 0 bridgehead atoms. The molecule has 0 aliphatic carbocycles. The van der Waals surface area contributed by atoms with Crippen molar-refractivity contribution in [1.82, 2.24) is 0 Å². The van der Waals surface area contributed by atoms with E-state index in [0.29, 0.717) is 6.42 Å². The molecule has 5 heteroatoms. The molecule has 0 saturated heterocycles. The quantitative estimate of drug-likeness (QED) is 0.860. The topological polar surface area (TPSA) is 61.5 Å². The molecule has 1 aromatic carbocycles. The van der Waals surface area contributed by atoms with Gasteiger partial charge >= 0.3 is 5.97 Å². The number of carbonyl (C=O) groups excluding carboxylic acids is 1. The van der Waals surface area contributed by atoms with Crippen molar-refractivity contribution in [2.24, 2.45) is 5.73 Å². The Labute approximate surface area is 122 Å². The molecule has 20 heavy (non-hydrogen) atoms. The van der Waals surface area contributed by atoms with E-state index in [-0.39, 0.29) is 0 Å². The molecule has 0 aliphatic rings. The van der Waals surface area contributed by atoms with Crippen LogP contribution in [0.15, 0.2) is 36.4 Å². The van der Waals surface area contributed by atoms with Gasteiger partial charge in [-0.05, 0) is 24.3 Å². The highest BCUT2D eigenvalue weighted by molar-refractivity contribution is 7.15. The molecule has 4 nitrogen and oxygen atoms in total. The Hall–Kier alpha value is -1.85. The Balaban J connectivity index is 2.19. The van der Waals surface area contributed by atoms with Crippen molar-refractivity contribution >= 4 is 17.3 Å². The number of thiophene rings is 1. The first kappa shape index (κ1) is 14.6. The van der Waals surface area contributed by atoms with Crippen LogP contribution in [-0.2, 0) is 16.0 Å². The van der Waals surface area contributed by atoms with E-state index in [1.807, 2.05) is 36.4 Å². The van der Waals surface area contributed by atoms with Gasteiger partial charge in [-0.1, -0.05) is 12.1 Å². The maximum absolute atomic E-state index is 11.3. The number of benzene rings is 1. The predicted molar refractivity (Wildman–Crippen MR) is 80.0 cm³/mol. The first-order chi connectivity index (χ1) is 9.65. The van der Waals surface area contributed by atoms with E-state index in [4.69, 9.17) is 10.5 Å². The number of para-hydroxylation sites is 1. The summed E-state index contributed by atoms with van der Waals surface area (Å²) in [6.45, 7) is 0. The van der Waals surface area contributed by atoms with Gasteiger partial charge in [0.25, 0.3) is 0 Å². The summed E-state index contributed by atoms with van der Waals surface area (Å²) in [6, 6.07) is 11.2. The summed E-state index contributed by atoms with van der Waals surface area (Å²) in [5.74, 6) is 0.440. The lowest BCUT2D eigenvalue weighted by atomic mass is 10.1. The van der Waals surface area contributed by atoms with E-state index < -0.39 is 12.0 Å². The molecule has 1 aromatic heterocycles. The van der Waals surface area contributed by atoms with E-state index in [0.717, 1.165) is 21.1 Å². The van der Waals surface area contributed by atoms with Crippen molar-refractivity contribution in [3.63, 3.8) is 0 Å². The average molecular weight is 291 g/mol. The van der Waals surface area contributed by atoms with Gasteiger partial charge in [-0.25, -0.2) is 0 Å². The fourth-order valence-electron chi connectivity index (χ4n) is 1.93. The minimum Gasteiger partial charge on any atom is -0.496 e. The molecule has 0 saturated carbocycles. The summed E-state index contributed by atoms with van der Waals surface area (Å²) in [6.07, 6.45) is 0.479. The van der Waals surface area contributed by atoms with E-state index in [1.54, 1.807) is 18.4 Å². The third-order valence-electron chi connectivity index (χ3n) is 2.96. The lowest BCUT2D eigenvalue weighted by Crippen LogP contribution is -2.33. The highest BCUT2D eigenvalue weighted by Crippen LogP contribution is 2.34. The normalized spacial score (nSPS) is 11.9. The van der Waals surface area contributed by atoms with Gasteiger partial charge in [0.05, 0.1) is 14.2 Å². The van der Waals surface area contributed by atoms with Crippen molar-refractivity contribution < 1.29 is 14.3 Å². The van der Waals surface area contributed by atoms with Gasteiger partial charge in [-0.2, -0.15) is 0 Å². The number of esters is 1. The Kier molecular flexibility index (Phi) is 4.76. The Morgan fingerprint density at radius 2 is 2.00 bits per heavy atom. The molecule has 2 aromatic rings. The average Bonchev–Trinajstić information content (AvgIpc) is 2.94. The van der Waals surface area contributed by atoms with Crippen LogP contribution in [0, 0.1) is 0 Å². The minimum absolute atomic E-state index is 0.391. The van der Waals surface area contributed by atoms with Gasteiger partial charge in [0.1, 0.15) is 11.8 Å². The third kappa shape index (κ3) is 3.18. The fourth-order valence-corrected chi connectivity index (χ4v) is 3.03. The van der Waals surface area contributed by atoms with Crippen LogP contribution in [0.1, 0.15) is 4.88 Å². The van der Waals surface area contributed by atoms with Crippen LogP contribution in [0.3, 0.4) is 0 Å². The second-order valence-corrected chi connectivity index (χ2v) is 5.47. The van der Waals surface area contributed by atoms with Gasteiger partial charge < -0.3 is 15.2 Å². The van der Waals surface area contributed by atoms with Crippen molar-refractivity contribution in [2.45, 2.75) is 12.5 Å². The van der Waals surface area contributed by atoms with Gasteiger partial charge in [0, 0.05) is 21.7 Å². The lowest BCUT2D eigenvalue weighted by Gasteiger charge is -2.07. The monoisotopic (exact) mass is 291 g/mol. The standard InChI is InChI=1S/C15H17NO3S/c1-18-13-6-4-3-5-11(13)14-8-7-10(20-14)9-12(16)15(17)19-2/h3-8,12H,9,16H2,1-2H3. The number of carbonyl (C=O) groups is 1. The Morgan fingerprint density at radius 1 is 1.25 bits per heavy atom. The molecule has 106 valence electrons. The smallest absolute Gasteiger partial charge is 0.323 e. The maximum Gasteiger partial charge on any atom is 0.323 e. The summed E-state index contributed by atoms with van der Waals surface area (Å²) in [5.41, 5.74) is 6.81. The van der Waals surface area contributed by atoms with Crippen LogP contribution in [0.2, 0.25) is 0 Å². The first-order valence-electron chi connectivity index (χ1n) is 6.21. The largest absolute Gasteiger partial charge is 0.496 e. The second-order valence-electron chi connectivity index (χ2n) is 4.30. The highest BCUT2D eigenvalue weighted by atomic mass is 32.1. The van der Waals surface area contributed by atoms with Crippen LogP contribution in [0.25, 0.3) is 10.4 Å². The first-order valence-corrected chi connectivity index (χ1v) is 7.03. The van der Waals surface area contributed by atoms with Crippen molar-refractivity contribution in [3.05, 3.63) is 41.3 Å². The number of ether oxygens (including phenoxy) is 2. The van der Waals surface area contributed by atoms with E-state index >= 15 is 0 Å². The highest BCUT2D eigenvalue weighted by Gasteiger charge is 2.16. The zero-order valence-electron chi connectivity index (χ0n) is 11.5. The number of methoxy groups -OCH3 is 2. The van der Waals surface area contributed by atoms with Crippen molar-refractivity contribution in [3.8, 4) is 16.2 Å². The lowest BCUT2D eigenvalue weighted by molar-refractivity contribution is -0.142. The summed E-state index contributed by atoms with van der Waals surface area (Å²) >= 11 is 1.60. The number of hydrogen-bond donors (Lipinski definition) is 1. The Bertz CT molecular complexity index is 594.